The molecule has 1 aliphatic rings. The summed E-state index contributed by atoms with van der Waals surface area (Å²) in [6.45, 7) is 2.75. The number of likely N-dealkylation sites (tertiary alicyclic amines) is 1. The number of ether oxygens (including phenoxy) is 2. The Morgan fingerprint density at radius 3 is 2.38 bits per heavy atom. The van der Waals surface area contributed by atoms with Gasteiger partial charge < -0.3 is 14.8 Å². The highest BCUT2D eigenvalue weighted by atomic mass is 16.5. The third kappa shape index (κ3) is 4.76. The number of carbonyl (C=O) groups is 1. The molecule has 1 N–H and O–H groups in total. The number of piperidine rings is 1. The van der Waals surface area contributed by atoms with Gasteiger partial charge in [-0.15, -0.1) is 0 Å². The standard InChI is InChI=1S/C21H26N2O3/c1-25-19-8-6-18(7-9-19)22-21(24)17-10-12-23(13-11-17)15-16-4-3-5-20(14-16)26-2/h3-9,14,17H,10-13,15H2,1-2H3,(H,22,24). The van der Waals surface area contributed by atoms with Crippen molar-refractivity contribution < 1.29 is 14.3 Å². The molecule has 0 bridgehead atoms. The summed E-state index contributed by atoms with van der Waals surface area (Å²) < 4.78 is 10.4. The van der Waals surface area contributed by atoms with Crippen LogP contribution in [-0.4, -0.2) is 38.1 Å². The molecule has 5 nitrogen and oxygen atoms in total. The quantitative estimate of drug-likeness (QED) is 0.862. The SMILES string of the molecule is COc1ccc(NC(=O)C2CCN(Cc3cccc(OC)c3)CC2)cc1. The van der Waals surface area contributed by atoms with Crippen LogP contribution in [0.2, 0.25) is 0 Å². The van der Waals surface area contributed by atoms with Gasteiger partial charge in [-0.3, -0.25) is 9.69 Å². The van der Waals surface area contributed by atoms with E-state index < -0.39 is 0 Å². The maximum atomic E-state index is 12.5. The molecule has 0 spiro atoms. The van der Waals surface area contributed by atoms with Crippen molar-refractivity contribution in [3.63, 3.8) is 0 Å². The Labute approximate surface area is 154 Å². The summed E-state index contributed by atoms with van der Waals surface area (Å²) in [7, 11) is 3.32. The van der Waals surface area contributed by atoms with Crippen molar-refractivity contribution in [3.05, 3.63) is 54.1 Å². The number of methoxy groups -OCH3 is 2. The first-order chi connectivity index (χ1) is 12.7. The number of nitrogens with zero attached hydrogens (tertiary/aromatic N) is 1. The normalized spacial score (nSPS) is 15.5. The van der Waals surface area contributed by atoms with Gasteiger partial charge in [-0.25, -0.2) is 0 Å². The number of rotatable bonds is 6. The summed E-state index contributed by atoms with van der Waals surface area (Å²) in [5.74, 6) is 1.85. The molecule has 0 radical (unpaired) electrons. The minimum Gasteiger partial charge on any atom is -0.497 e. The van der Waals surface area contributed by atoms with Crippen molar-refractivity contribution in [2.24, 2.45) is 5.92 Å². The van der Waals surface area contributed by atoms with Crippen LogP contribution in [0.1, 0.15) is 18.4 Å². The Kier molecular flexibility index (Phi) is 6.12. The monoisotopic (exact) mass is 354 g/mol. The predicted molar refractivity (Wildman–Crippen MR) is 103 cm³/mol. The fourth-order valence-electron chi connectivity index (χ4n) is 3.30. The summed E-state index contributed by atoms with van der Waals surface area (Å²) in [6.07, 6.45) is 1.76. The van der Waals surface area contributed by atoms with Gasteiger partial charge in [0.2, 0.25) is 5.91 Å². The second kappa shape index (κ2) is 8.72. The number of hydrogen-bond acceptors (Lipinski definition) is 4. The molecule has 0 saturated carbocycles. The lowest BCUT2D eigenvalue weighted by Gasteiger charge is -2.31. The van der Waals surface area contributed by atoms with Gasteiger partial charge in [0.05, 0.1) is 14.2 Å². The van der Waals surface area contributed by atoms with E-state index in [0.29, 0.717) is 0 Å². The predicted octanol–water partition coefficient (Wildman–Crippen LogP) is 3.55. The summed E-state index contributed by atoms with van der Waals surface area (Å²) in [6, 6.07) is 15.6. The number of amides is 1. The first-order valence-corrected chi connectivity index (χ1v) is 8.98. The van der Waals surface area contributed by atoms with E-state index >= 15 is 0 Å². The summed E-state index contributed by atoms with van der Waals surface area (Å²) in [5.41, 5.74) is 2.06. The Morgan fingerprint density at radius 1 is 1.04 bits per heavy atom. The fraction of sp³-hybridized carbons (Fsp3) is 0.381. The maximum absolute atomic E-state index is 12.5. The first-order valence-electron chi connectivity index (χ1n) is 8.98. The number of benzene rings is 2. The Hall–Kier alpha value is -2.53. The topological polar surface area (TPSA) is 50.8 Å². The minimum atomic E-state index is 0.0682. The highest BCUT2D eigenvalue weighted by Gasteiger charge is 2.25. The van der Waals surface area contributed by atoms with Crippen LogP contribution >= 0.6 is 0 Å². The Bertz CT molecular complexity index is 722. The van der Waals surface area contributed by atoms with Crippen LogP contribution in [0.5, 0.6) is 11.5 Å². The third-order valence-corrected chi connectivity index (χ3v) is 4.86. The fourth-order valence-corrected chi connectivity index (χ4v) is 3.30. The molecule has 0 aromatic heterocycles. The minimum absolute atomic E-state index is 0.0682. The number of anilines is 1. The molecule has 0 unspecified atom stereocenters. The summed E-state index contributed by atoms with van der Waals surface area (Å²) >= 11 is 0. The zero-order valence-electron chi connectivity index (χ0n) is 15.4. The van der Waals surface area contributed by atoms with Gasteiger partial charge in [-0.05, 0) is 67.9 Å². The molecule has 26 heavy (non-hydrogen) atoms. The molecule has 1 saturated heterocycles. The van der Waals surface area contributed by atoms with Gasteiger partial charge in [-0.1, -0.05) is 12.1 Å². The van der Waals surface area contributed by atoms with Crippen molar-refractivity contribution in [2.45, 2.75) is 19.4 Å². The largest absolute Gasteiger partial charge is 0.497 e. The zero-order valence-corrected chi connectivity index (χ0v) is 15.4. The Balaban J connectivity index is 1.48. The number of carbonyl (C=O) groups excluding carboxylic acids is 1. The summed E-state index contributed by atoms with van der Waals surface area (Å²) in [5, 5.41) is 3.01. The van der Waals surface area contributed by atoms with Crippen LogP contribution < -0.4 is 14.8 Å². The van der Waals surface area contributed by atoms with Crippen LogP contribution in [0.4, 0.5) is 5.69 Å². The van der Waals surface area contributed by atoms with E-state index in [1.165, 1.54) is 5.56 Å². The van der Waals surface area contributed by atoms with Crippen molar-refractivity contribution in [3.8, 4) is 11.5 Å². The van der Waals surface area contributed by atoms with Crippen LogP contribution in [0, 0.1) is 5.92 Å². The molecule has 1 fully saturated rings. The van der Waals surface area contributed by atoms with E-state index in [-0.39, 0.29) is 11.8 Å². The average Bonchev–Trinajstić information content (AvgIpc) is 2.69. The lowest BCUT2D eigenvalue weighted by Crippen LogP contribution is -2.37. The molecule has 1 heterocycles. The first kappa shape index (κ1) is 18.3. The highest BCUT2D eigenvalue weighted by Crippen LogP contribution is 2.23. The van der Waals surface area contributed by atoms with Gasteiger partial charge >= 0.3 is 0 Å². The zero-order chi connectivity index (χ0) is 18.4. The van der Waals surface area contributed by atoms with Gasteiger partial charge in [0.15, 0.2) is 0 Å². The molecule has 138 valence electrons. The average molecular weight is 354 g/mol. The molecular weight excluding hydrogens is 328 g/mol. The molecule has 0 aliphatic carbocycles. The van der Waals surface area contributed by atoms with E-state index in [1.807, 2.05) is 36.4 Å². The van der Waals surface area contributed by atoms with Gasteiger partial charge in [0.1, 0.15) is 11.5 Å². The van der Waals surface area contributed by atoms with Crippen LogP contribution in [0.15, 0.2) is 48.5 Å². The van der Waals surface area contributed by atoms with Crippen molar-refractivity contribution in [2.75, 3.05) is 32.6 Å². The lowest BCUT2D eigenvalue weighted by atomic mass is 9.95. The van der Waals surface area contributed by atoms with Crippen molar-refractivity contribution in [1.29, 1.82) is 0 Å². The molecule has 1 amide bonds. The molecule has 1 aliphatic heterocycles. The number of hydrogen-bond donors (Lipinski definition) is 1. The molecule has 0 atom stereocenters. The molecule has 5 heteroatoms. The molecule has 2 aromatic rings. The molecule has 2 aromatic carbocycles. The second-order valence-electron chi connectivity index (χ2n) is 6.62. The molecule has 3 rings (SSSR count). The van der Waals surface area contributed by atoms with Crippen LogP contribution in [0.3, 0.4) is 0 Å². The van der Waals surface area contributed by atoms with Crippen molar-refractivity contribution in [1.82, 2.24) is 4.90 Å². The van der Waals surface area contributed by atoms with Crippen LogP contribution in [-0.2, 0) is 11.3 Å². The molecular formula is C21H26N2O3. The van der Waals surface area contributed by atoms with E-state index in [4.69, 9.17) is 9.47 Å². The maximum Gasteiger partial charge on any atom is 0.227 e. The lowest BCUT2D eigenvalue weighted by molar-refractivity contribution is -0.121. The van der Waals surface area contributed by atoms with E-state index in [1.54, 1.807) is 14.2 Å². The highest BCUT2D eigenvalue weighted by molar-refractivity contribution is 5.92. The smallest absolute Gasteiger partial charge is 0.227 e. The van der Waals surface area contributed by atoms with E-state index in [2.05, 4.69) is 22.3 Å². The van der Waals surface area contributed by atoms with Gasteiger partial charge in [-0.2, -0.15) is 0 Å². The van der Waals surface area contributed by atoms with E-state index in [9.17, 15) is 4.79 Å². The third-order valence-electron chi connectivity index (χ3n) is 4.86. The number of nitrogens with one attached hydrogen (secondary N) is 1. The van der Waals surface area contributed by atoms with Crippen molar-refractivity contribution >= 4 is 11.6 Å². The summed E-state index contributed by atoms with van der Waals surface area (Å²) in [4.78, 5) is 14.9. The van der Waals surface area contributed by atoms with Gasteiger partial charge in [0, 0.05) is 18.2 Å². The van der Waals surface area contributed by atoms with E-state index in [0.717, 1.165) is 49.7 Å². The second-order valence-corrected chi connectivity index (χ2v) is 6.62. The van der Waals surface area contributed by atoms with Crippen LogP contribution in [0.25, 0.3) is 0 Å². The Morgan fingerprint density at radius 2 is 1.73 bits per heavy atom. The van der Waals surface area contributed by atoms with Gasteiger partial charge in [0.25, 0.3) is 0 Å².